The van der Waals surface area contributed by atoms with E-state index in [-0.39, 0.29) is 19.1 Å². The molecule has 0 radical (unpaired) electrons. The second kappa shape index (κ2) is 6.13. The summed E-state index contributed by atoms with van der Waals surface area (Å²) in [5, 5.41) is 13.0. The van der Waals surface area contributed by atoms with Gasteiger partial charge in [-0.2, -0.15) is 5.10 Å². The molecule has 1 heterocycles. The average Bonchev–Trinajstić information content (AvgIpc) is 2.73. The predicted octanol–water partition coefficient (Wildman–Crippen LogP) is 0.665. The van der Waals surface area contributed by atoms with Crippen LogP contribution in [0.25, 0.3) is 0 Å². The zero-order valence-corrected chi connectivity index (χ0v) is 10.7. The van der Waals surface area contributed by atoms with E-state index in [1.54, 1.807) is 11.6 Å². The maximum Gasteiger partial charge on any atom is 0.320 e. The quantitative estimate of drug-likeness (QED) is 0.593. The molecule has 0 spiro atoms. The minimum atomic E-state index is -1.24. The van der Waals surface area contributed by atoms with Crippen molar-refractivity contribution in [2.45, 2.75) is 33.2 Å². The second-order valence-corrected chi connectivity index (χ2v) is 4.06. The number of carbonyl (C=O) groups excluding carboxylic acids is 1. The van der Waals surface area contributed by atoms with Crippen LogP contribution in [0.15, 0.2) is 6.33 Å². The molecule has 0 fully saturated rings. The van der Waals surface area contributed by atoms with E-state index >= 15 is 0 Å². The van der Waals surface area contributed by atoms with Crippen molar-refractivity contribution in [1.82, 2.24) is 14.8 Å². The molecule has 0 saturated carbocycles. The molecule has 1 unspecified atom stereocenters. The summed E-state index contributed by atoms with van der Waals surface area (Å²) in [6, 6.07) is 0.0548. The molecule has 1 N–H and O–H groups in total. The van der Waals surface area contributed by atoms with Crippen LogP contribution in [0.3, 0.4) is 0 Å². The van der Waals surface area contributed by atoms with E-state index in [1.165, 1.54) is 6.33 Å². The lowest BCUT2D eigenvalue weighted by atomic mass is 10.1. The highest BCUT2D eigenvalue weighted by Gasteiger charge is 2.30. The Morgan fingerprint density at radius 2 is 2.17 bits per heavy atom. The molecule has 1 aromatic rings. The summed E-state index contributed by atoms with van der Waals surface area (Å²) in [5.74, 6) is -2.74. The first kappa shape index (κ1) is 14.1. The molecule has 0 aliphatic rings. The number of hydrogen-bond donors (Lipinski definition) is 1. The van der Waals surface area contributed by atoms with Crippen LogP contribution in [0.5, 0.6) is 0 Å². The number of rotatable bonds is 6. The van der Waals surface area contributed by atoms with Gasteiger partial charge in [0, 0.05) is 12.5 Å². The van der Waals surface area contributed by atoms with Crippen LogP contribution in [0, 0.1) is 5.92 Å². The summed E-state index contributed by atoms with van der Waals surface area (Å²) < 4.78 is 6.33. The van der Waals surface area contributed by atoms with Crippen LogP contribution in [0.4, 0.5) is 0 Å². The molecular weight excluding hydrogens is 238 g/mol. The van der Waals surface area contributed by atoms with Crippen molar-refractivity contribution >= 4 is 11.9 Å². The lowest BCUT2D eigenvalue weighted by Gasteiger charge is -2.13. The third kappa shape index (κ3) is 3.28. The molecule has 1 aromatic heterocycles. The lowest BCUT2D eigenvalue weighted by Crippen LogP contribution is -2.29. The molecule has 0 aromatic carbocycles. The fourth-order valence-corrected chi connectivity index (χ4v) is 1.55. The number of esters is 1. The van der Waals surface area contributed by atoms with Crippen LogP contribution in [0.1, 0.15) is 32.6 Å². The summed E-state index contributed by atoms with van der Waals surface area (Å²) in [5.41, 5.74) is 0. The van der Waals surface area contributed by atoms with Crippen LogP contribution in [-0.2, 0) is 20.7 Å². The molecule has 7 nitrogen and oxygen atoms in total. The van der Waals surface area contributed by atoms with Crippen LogP contribution < -0.4 is 0 Å². The van der Waals surface area contributed by atoms with Gasteiger partial charge in [-0.05, 0) is 20.8 Å². The van der Waals surface area contributed by atoms with Gasteiger partial charge in [-0.25, -0.2) is 9.67 Å². The van der Waals surface area contributed by atoms with E-state index in [0.717, 1.165) is 0 Å². The Hall–Kier alpha value is -1.92. The van der Waals surface area contributed by atoms with Crippen molar-refractivity contribution in [3.63, 3.8) is 0 Å². The van der Waals surface area contributed by atoms with Crippen LogP contribution in [-0.4, -0.2) is 38.4 Å². The number of hydrogen-bond acceptors (Lipinski definition) is 5. The normalized spacial score (nSPS) is 12.4. The number of carbonyl (C=O) groups is 2. The largest absolute Gasteiger partial charge is 0.481 e. The van der Waals surface area contributed by atoms with E-state index in [2.05, 4.69) is 10.1 Å². The Morgan fingerprint density at radius 3 is 2.67 bits per heavy atom. The molecule has 18 heavy (non-hydrogen) atoms. The van der Waals surface area contributed by atoms with Gasteiger partial charge in [0.25, 0.3) is 0 Å². The molecular formula is C11H17N3O4. The molecule has 1 atom stereocenters. The maximum absolute atomic E-state index is 11.5. The Kier molecular flexibility index (Phi) is 4.82. The third-order valence-corrected chi connectivity index (χ3v) is 2.39. The van der Waals surface area contributed by atoms with Gasteiger partial charge in [-0.15, -0.1) is 0 Å². The second-order valence-electron chi connectivity index (χ2n) is 4.06. The van der Waals surface area contributed by atoms with E-state index in [4.69, 9.17) is 9.84 Å². The van der Waals surface area contributed by atoms with E-state index < -0.39 is 17.9 Å². The Bertz CT molecular complexity index is 428. The first-order chi connectivity index (χ1) is 8.47. The highest BCUT2D eigenvalue weighted by atomic mass is 16.5. The van der Waals surface area contributed by atoms with Gasteiger partial charge in [-0.1, -0.05) is 0 Å². The summed E-state index contributed by atoms with van der Waals surface area (Å²) in [7, 11) is 0. The van der Waals surface area contributed by atoms with Crippen molar-refractivity contribution in [3.05, 3.63) is 12.2 Å². The summed E-state index contributed by atoms with van der Waals surface area (Å²) >= 11 is 0. The zero-order chi connectivity index (χ0) is 13.7. The number of ether oxygens (including phenoxy) is 1. The molecule has 0 aliphatic carbocycles. The fourth-order valence-electron chi connectivity index (χ4n) is 1.55. The number of aromatic nitrogens is 3. The number of carboxylic acids is 1. The van der Waals surface area contributed by atoms with Gasteiger partial charge in [0.15, 0.2) is 5.92 Å². The van der Waals surface area contributed by atoms with Crippen LogP contribution >= 0.6 is 0 Å². The average molecular weight is 255 g/mol. The molecule has 7 heteroatoms. The van der Waals surface area contributed by atoms with Gasteiger partial charge in [0.2, 0.25) is 0 Å². The summed E-state index contributed by atoms with van der Waals surface area (Å²) in [6.45, 7) is 5.59. The third-order valence-electron chi connectivity index (χ3n) is 2.39. The zero-order valence-electron chi connectivity index (χ0n) is 10.7. The monoisotopic (exact) mass is 255 g/mol. The van der Waals surface area contributed by atoms with E-state index in [1.807, 2.05) is 13.8 Å². The topological polar surface area (TPSA) is 94.3 Å². The minimum absolute atomic E-state index is 0.0215. The predicted molar refractivity (Wildman–Crippen MR) is 61.9 cm³/mol. The number of carboxylic acid groups (broad SMARTS) is 1. The Labute approximate surface area is 105 Å². The van der Waals surface area contributed by atoms with Crippen molar-refractivity contribution in [2.75, 3.05) is 6.61 Å². The Balaban J connectivity index is 2.87. The van der Waals surface area contributed by atoms with Gasteiger partial charge >= 0.3 is 11.9 Å². The highest BCUT2D eigenvalue weighted by Crippen LogP contribution is 2.12. The first-order valence-electron chi connectivity index (χ1n) is 5.75. The SMILES string of the molecule is CCOC(=O)C(Cc1ncnn1C(C)C)C(=O)O. The van der Waals surface area contributed by atoms with Crippen molar-refractivity contribution < 1.29 is 19.4 Å². The molecule has 1 rings (SSSR count). The highest BCUT2D eigenvalue weighted by molar-refractivity contribution is 5.94. The summed E-state index contributed by atoms with van der Waals surface area (Å²) in [6.07, 6.45) is 1.33. The summed E-state index contributed by atoms with van der Waals surface area (Å²) in [4.78, 5) is 26.6. The van der Waals surface area contributed by atoms with Crippen LogP contribution in [0.2, 0.25) is 0 Å². The number of aliphatic carboxylic acids is 1. The first-order valence-corrected chi connectivity index (χ1v) is 5.75. The van der Waals surface area contributed by atoms with E-state index in [0.29, 0.717) is 5.82 Å². The van der Waals surface area contributed by atoms with Crippen molar-refractivity contribution in [1.29, 1.82) is 0 Å². The van der Waals surface area contributed by atoms with Gasteiger partial charge in [-0.3, -0.25) is 9.59 Å². The molecule has 0 aliphatic heterocycles. The number of nitrogens with zero attached hydrogens (tertiary/aromatic N) is 3. The lowest BCUT2D eigenvalue weighted by molar-refractivity contribution is -0.158. The molecule has 0 amide bonds. The molecule has 0 bridgehead atoms. The Morgan fingerprint density at radius 1 is 1.50 bits per heavy atom. The van der Waals surface area contributed by atoms with E-state index in [9.17, 15) is 9.59 Å². The standard InChI is InChI=1S/C11H17N3O4/c1-4-18-11(17)8(10(15)16)5-9-12-6-13-14(9)7(2)3/h6-8H,4-5H2,1-3H3,(H,15,16). The van der Waals surface area contributed by atoms with Gasteiger partial charge in [0.05, 0.1) is 6.61 Å². The maximum atomic E-state index is 11.5. The van der Waals surface area contributed by atoms with Crippen molar-refractivity contribution in [2.24, 2.45) is 5.92 Å². The van der Waals surface area contributed by atoms with Crippen molar-refractivity contribution in [3.8, 4) is 0 Å². The smallest absolute Gasteiger partial charge is 0.320 e. The fraction of sp³-hybridized carbons (Fsp3) is 0.636. The molecule has 0 saturated heterocycles. The molecule has 100 valence electrons. The minimum Gasteiger partial charge on any atom is -0.481 e. The van der Waals surface area contributed by atoms with Gasteiger partial charge < -0.3 is 9.84 Å². The van der Waals surface area contributed by atoms with Gasteiger partial charge in [0.1, 0.15) is 12.2 Å².